The van der Waals surface area contributed by atoms with Gasteiger partial charge in [-0.05, 0) is 24.6 Å². The summed E-state index contributed by atoms with van der Waals surface area (Å²) in [5.41, 5.74) is 0. The molecule has 0 aromatic carbocycles. The van der Waals surface area contributed by atoms with E-state index in [1.807, 2.05) is 10.8 Å². The zero-order chi connectivity index (χ0) is 17.1. The molecule has 2 heterocycles. The molecule has 126 valence electrons. The first kappa shape index (κ1) is 17.8. The van der Waals surface area contributed by atoms with Gasteiger partial charge in [0.15, 0.2) is 8.32 Å². The van der Waals surface area contributed by atoms with Gasteiger partial charge in [-0.25, -0.2) is 4.98 Å². The third-order valence-corrected chi connectivity index (χ3v) is 9.19. The van der Waals surface area contributed by atoms with Gasteiger partial charge in [0.05, 0.1) is 19.4 Å². The Hall–Kier alpha value is -1.58. The maximum absolute atomic E-state index is 12.5. The zero-order valence-electron chi connectivity index (χ0n) is 14.8. The summed E-state index contributed by atoms with van der Waals surface area (Å²) in [6, 6.07) is 0. The molecular formula is C17H27N3O2Si. The van der Waals surface area contributed by atoms with Crippen molar-refractivity contribution < 1.29 is 9.22 Å². The van der Waals surface area contributed by atoms with Crippen molar-refractivity contribution in [2.45, 2.75) is 58.0 Å². The van der Waals surface area contributed by atoms with E-state index in [9.17, 15) is 4.79 Å². The Kier molecular flexibility index (Phi) is 5.32. The molecule has 1 unspecified atom stereocenters. The van der Waals surface area contributed by atoms with E-state index in [0.29, 0.717) is 13.1 Å². The summed E-state index contributed by atoms with van der Waals surface area (Å²) in [6.07, 6.45) is 5.83. The number of amides is 1. The Morgan fingerprint density at radius 2 is 2.04 bits per heavy atom. The SMILES string of the molecule is CC(C)(C)[Si](C)(C)OC1CCN(CC#CCn2ccnc2)C1=O. The molecule has 0 spiro atoms. The highest BCUT2D eigenvalue weighted by Gasteiger charge is 2.43. The molecular weight excluding hydrogens is 306 g/mol. The predicted molar refractivity (Wildman–Crippen MR) is 93.3 cm³/mol. The molecule has 1 aliphatic heterocycles. The highest BCUT2D eigenvalue weighted by molar-refractivity contribution is 6.74. The third-order valence-electron chi connectivity index (χ3n) is 4.71. The Bertz CT molecular complexity index is 594. The van der Waals surface area contributed by atoms with Gasteiger partial charge in [0.1, 0.15) is 6.10 Å². The molecule has 0 N–H and O–H groups in total. The highest BCUT2D eigenvalue weighted by atomic mass is 28.4. The van der Waals surface area contributed by atoms with E-state index in [0.717, 1.165) is 13.0 Å². The molecule has 1 aromatic rings. The van der Waals surface area contributed by atoms with Crippen molar-refractivity contribution in [2.24, 2.45) is 0 Å². The minimum absolute atomic E-state index is 0.0896. The summed E-state index contributed by atoms with van der Waals surface area (Å²) < 4.78 is 8.16. The number of nitrogens with zero attached hydrogens (tertiary/aromatic N) is 3. The summed E-state index contributed by atoms with van der Waals surface area (Å²) in [5.74, 6) is 6.23. The van der Waals surface area contributed by atoms with Crippen LogP contribution in [0.1, 0.15) is 27.2 Å². The van der Waals surface area contributed by atoms with Gasteiger partial charge in [-0.2, -0.15) is 0 Å². The van der Waals surface area contributed by atoms with Gasteiger partial charge in [0, 0.05) is 18.9 Å². The van der Waals surface area contributed by atoms with E-state index in [-0.39, 0.29) is 17.0 Å². The van der Waals surface area contributed by atoms with Crippen LogP contribution in [0, 0.1) is 11.8 Å². The normalized spacial score (nSPS) is 18.9. The van der Waals surface area contributed by atoms with Crippen LogP contribution in [0.3, 0.4) is 0 Å². The lowest BCUT2D eigenvalue weighted by Gasteiger charge is -2.37. The predicted octanol–water partition coefficient (Wildman–Crippen LogP) is 2.51. The van der Waals surface area contributed by atoms with Crippen molar-refractivity contribution in [2.75, 3.05) is 13.1 Å². The maximum Gasteiger partial charge on any atom is 0.251 e. The number of rotatable bonds is 4. The topological polar surface area (TPSA) is 47.4 Å². The second-order valence-corrected chi connectivity index (χ2v) is 12.3. The number of likely N-dealkylation sites (tertiary alicyclic amines) is 1. The number of aromatic nitrogens is 2. The van der Waals surface area contributed by atoms with Crippen LogP contribution in [0.2, 0.25) is 18.1 Å². The molecule has 1 saturated heterocycles. The average molecular weight is 334 g/mol. The highest BCUT2D eigenvalue weighted by Crippen LogP contribution is 2.38. The minimum atomic E-state index is -1.91. The van der Waals surface area contributed by atoms with Crippen LogP contribution in [0.15, 0.2) is 18.7 Å². The van der Waals surface area contributed by atoms with Gasteiger partial charge in [-0.15, -0.1) is 0 Å². The fourth-order valence-corrected chi connectivity index (χ4v) is 3.47. The molecule has 1 fully saturated rings. The summed E-state index contributed by atoms with van der Waals surface area (Å²) in [4.78, 5) is 18.2. The molecule has 1 aliphatic rings. The first-order valence-electron chi connectivity index (χ1n) is 8.09. The van der Waals surface area contributed by atoms with Crippen LogP contribution in [0.4, 0.5) is 0 Å². The van der Waals surface area contributed by atoms with Crippen LogP contribution in [-0.4, -0.2) is 47.9 Å². The van der Waals surface area contributed by atoms with E-state index < -0.39 is 8.32 Å². The first-order valence-corrected chi connectivity index (χ1v) is 11.0. The van der Waals surface area contributed by atoms with Crippen LogP contribution in [-0.2, 0) is 15.8 Å². The maximum atomic E-state index is 12.5. The lowest BCUT2D eigenvalue weighted by molar-refractivity contribution is -0.133. The standard InChI is InChI=1S/C17H27N3O2Si/c1-17(2,3)23(4,5)22-15-8-12-20(16(15)21)11-7-6-10-19-13-9-18-14-19/h9,13-15H,8,10-12H2,1-5H3. The fourth-order valence-electron chi connectivity index (χ4n) is 2.19. The van der Waals surface area contributed by atoms with Crippen molar-refractivity contribution in [1.29, 1.82) is 0 Å². The zero-order valence-corrected chi connectivity index (χ0v) is 15.8. The van der Waals surface area contributed by atoms with Crippen molar-refractivity contribution in [3.63, 3.8) is 0 Å². The van der Waals surface area contributed by atoms with Crippen LogP contribution in [0.5, 0.6) is 0 Å². The number of hydrogen-bond donors (Lipinski definition) is 0. The van der Waals surface area contributed by atoms with Crippen molar-refractivity contribution in [1.82, 2.24) is 14.5 Å². The van der Waals surface area contributed by atoms with Crippen molar-refractivity contribution >= 4 is 14.2 Å². The molecule has 0 bridgehead atoms. The van der Waals surface area contributed by atoms with Crippen LogP contribution >= 0.6 is 0 Å². The third kappa shape index (κ3) is 4.46. The van der Waals surface area contributed by atoms with E-state index in [4.69, 9.17) is 4.43 Å². The van der Waals surface area contributed by atoms with Gasteiger partial charge >= 0.3 is 0 Å². The smallest absolute Gasteiger partial charge is 0.251 e. The van der Waals surface area contributed by atoms with Crippen molar-refractivity contribution in [3.05, 3.63) is 18.7 Å². The fraction of sp³-hybridized carbons (Fsp3) is 0.647. The Morgan fingerprint density at radius 3 is 2.65 bits per heavy atom. The number of hydrogen-bond acceptors (Lipinski definition) is 3. The molecule has 2 rings (SSSR count). The first-order chi connectivity index (χ1) is 10.7. The summed E-state index contributed by atoms with van der Waals surface area (Å²) in [6.45, 7) is 12.8. The largest absolute Gasteiger partial charge is 0.405 e. The molecule has 1 atom stereocenters. The lowest BCUT2D eigenvalue weighted by Crippen LogP contribution is -2.46. The molecule has 6 heteroatoms. The average Bonchev–Trinajstić information content (AvgIpc) is 3.06. The quantitative estimate of drug-likeness (QED) is 0.628. The molecule has 5 nitrogen and oxygen atoms in total. The summed E-state index contributed by atoms with van der Waals surface area (Å²) in [5, 5.41) is 0.116. The monoisotopic (exact) mass is 333 g/mol. The summed E-state index contributed by atoms with van der Waals surface area (Å²) in [7, 11) is -1.91. The molecule has 23 heavy (non-hydrogen) atoms. The van der Waals surface area contributed by atoms with Gasteiger partial charge in [0.25, 0.3) is 5.91 Å². The van der Waals surface area contributed by atoms with E-state index in [1.165, 1.54) is 0 Å². The molecule has 0 radical (unpaired) electrons. The number of imidazole rings is 1. The van der Waals surface area contributed by atoms with Crippen LogP contribution < -0.4 is 0 Å². The van der Waals surface area contributed by atoms with Gasteiger partial charge < -0.3 is 13.9 Å². The lowest BCUT2D eigenvalue weighted by atomic mass is 10.2. The molecule has 0 saturated carbocycles. The molecule has 0 aliphatic carbocycles. The van der Waals surface area contributed by atoms with E-state index >= 15 is 0 Å². The Labute approximate surface area is 140 Å². The Balaban J connectivity index is 1.86. The minimum Gasteiger partial charge on any atom is -0.405 e. The second kappa shape index (κ2) is 6.89. The summed E-state index contributed by atoms with van der Waals surface area (Å²) >= 11 is 0. The van der Waals surface area contributed by atoms with Gasteiger partial charge in [0.2, 0.25) is 0 Å². The number of carbonyl (C=O) groups excluding carboxylic acids is 1. The molecule has 1 aromatic heterocycles. The van der Waals surface area contributed by atoms with Gasteiger partial charge in [-0.3, -0.25) is 4.79 Å². The van der Waals surface area contributed by atoms with E-state index in [2.05, 4.69) is 50.7 Å². The van der Waals surface area contributed by atoms with E-state index in [1.54, 1.807) is 17.4 Å². The number of carbonyl (C=O) groups is 1. The van der Waals surface area contributed by atoms with Gasteiger partial charge in [-0.1, -0.05) is 32.6 Å². The van der Waals surface area contributed by atoms with Crippen LogP contribution in [0.25, 0.3) is 0 Å². The van der Waals surface area contributed by atoms with Crippen molar-refractivity contribution in [3.8, 4) is 11.8 Å². The Morgan fingerprint density at radius 1 is 1.35 bits per heavy atom. The second-order valence-electron chi connectivity index (χ2n) is 7.50. The molecule has 1 amide bonds.